The summed E-state index contributed by atoms with van der Waals surface area (Å²) in [5, 5.41) is 2.23. The lowest BCUT2D eigenvalue weighted by atomic mass is 10.2. The van der Waals surface area contributed by atoms with Gasteiger partial charge in [0.1, 0.15) is 11.0 Å². The lowest BCUT2D eigenvalue weighted by Gasteiger charge is -2.19. The van der Waals surface area contributed by atoms with Crippen molar-refractivity contribution in [1.82, 2.24) is 10.3 Å². The number of rotatable bonds is 8. The Balaban J connectivity index is 1.71. The van der Waals surface area contributed by atoms with Gasteiger partial charge in [-0.05, 0) is 48.0 Å². The SMILES string of the molecule is O=C(COc1ccc(Cl)cc1)NC[C@H](c1cccnc1)S(=O)(=O)c1ccccc1. The van der Waals surface area contributed by atoms with Gasteiger partial charge in [0, 0.05) is 24.0 Å². The van der Waals surface area contributed by atoms with E-state index in [0.29, 0.717) is 16.3 Å². The van der Waals surface area contributed by atoms with Gasteiger partial charge in [-0.2, -0.15) is 0 Å². The summed E-state index contributed by atoms with van der Waals surface area (Å²) in [6.07, 6.45) is 3.05. The minimum Gasteiger partial charge on any atom is -0.484 e. The maximum Gasteiger partial charge on any atom is 0.257 e. The molecule has 3 aromatic rings. The number of halogens is 1. The van der Waals surface area contributed by atoms with Crippen molar-refractivity contribution in [2.75, 3.05) is 13.2 Å². The van der Waals surface area contributed by atoms with E-state index in [1.165, 1.54) is 18.3 Å². The Morgan fingerprint density at radius 1 is 1.03 bits per heavy atom. The van der Waals surface area contributed by atoms with Gasteiger partial charge in [-0.3, -0.25) is 9.78 Å². The zero-order valence-corrected chi connectivity index (χ0v) is 16.9. The van der Waals surface area contributed by atoms with Gasteiger partial charge in [0.25, 0.3) is 5.91 Å². The molecule has 0 bridgehead atoms. The normalized spacial score (nSPS) is 12.2. The van der Waals surface area contributed by atoms with E-state index in [9.17, 15) is 13.2 Å². The molecule has 1 heterocycles. The molecule has 2 aromatic carbocycles. The van der Waals surface area contributed by atoms with Gasteiger partial charge in [-0.25, -0.2) is 8.42 Å². The lowest BCUT2D eigenvalue weighted by Crippen LogP contribution is -2.35. The smallest absolute Gasteiger partial charge is 0.257 e. The van der Waals surface area contributed by atoms with Crippen LogP contribution in [0.15, 0.2) is 84.0 Å². The number of ether oxygens (including phenoxy) is 1. The number of benzene rings is 2. The molecule has 0 spiro atoms. The van der Waals surface area contributed by atoms with Gasteiger partial charge in [0.2, 0.25) is 0 Å². The topological polar surface area (TPSA) is 85.4 Å². The molecule has 0 fully saturated rings. The molecule has 8 heteroatoms. The summed E-state index contributed by atoms with van der Waals surface area (Å²) in [5.74, 6) is 0.0577. The monoisotopic (exact) mass is 430 g/mol. The molecule has 0 aliphatic carbocycles. The van der Waals surface area contributed by atoms with Gasteiger partial charge in [0.05, 0.1) is 4.90 Å². The zero-order chi connectivity index (χ0) is 20.7. The molecule has 3 rings (SSSR count). The first-order valence-corrected chi connectivity index (χ1v) is 10.7. The third-order valence-electron chi connectivity index (χ3n) is 4.17. The van der Waals surface area contributed by atoms with Gasteiger partial charge in [0.15, 0.2) is 16.4 Å². The summed E-state index contributed by atoms with van der Waals surface area (Å²) < 4.78 is 31.7. The lowest BCUT2D eigenvalue weighted by molar-refractivity contribution is -0.123. The number of carbonyl (C=O) groups is 1. The van der Waals surface area contributed by atoms with Crippen molar-refractivity contribution in [3.8, 4) is 5.75 Å². The number of carbonyl (C=O) groups excluding carboxylic acids is 1. The number of amides is 1. The molecule has 29 heavy (non-hydrogen) atoms. The highest BCUT2D eigenvalue weighted by Gasteiger charge is 2.29. The number of hydrogen-bond donors (Lipinski definition) is 1. The molecule has 6 nitrogen and oxygen atoms in total. The second kappa shape index (κ2) is 9.54. The van der Waals surface area contributed by atoms with Crippen LogP contribution in [0.4, 0.5) is 0 Å². The van der Waals surface area contributed by atoms with E-state index in [1.54, 1.807) is 60.8 Å². The maximum absolute atomic E-state index is 13.1. The van der Waals surface area contributed by atoms with Crippen LogP contribution in [-0.4, -0.2) is 32.5 Å². The maximum atomic E-state index is 13.1. The fourth-order valence-electron chi connectivity index (χ4n) is 2.68. The second-order valence-electron chi connectivity index (χ2n) is 6.18. The summed E-state index contributed by atoms with van der Waals surface area (Å²) >= 11 is 5.81. The third-order valence-corrected chi connectivity index (χ3v) is 6.54. The Bertz CT molecular complexity index is 1040. The average Bonchev–Trinajstić information content (AvgIpc) is 2.75. The molecule has 0 aliphatic rings. The van der Waals surface area contributed by atoms with E-state index >= 15 is 0 Å². The molecule has 0 saturated heterocycles. The molecular formula is C21H19ClN2O4S. The van der Waals surface area contributed by atoms with Crippen molar-refractivity contribution >= 4 is 27.3 Å². The Hall–Kier alpha value is -2.90. The van der Waals surface area contributed by atoms with Crippen molar-refractivity contribution < 1.29 is 17.9 Å². The molecule has 0 saturated carbocycles. The van der Waals surface area contributed by atoms with Crippen molar-refractivity contribution in [1.29, 1.82) is 0 Å². The summed E-state index contributed by atoms with van der Waals surface area (Å²) in [6.45, 7) is -0.349. The predicted molar refractivity (Wildman–Crippen MR) is 111 cm³/mol. The molecule has 1 N–H and O–H groups in total. The zero-order valence-electron chi connectivity index (χ0n) is 15.4. The first kappa shape index (κ1) is 20.8. The highest BCUT2D eigenvalue weighted by atomic mass is 35.5. The number of hydrogen-bond acceptors (Lipinski definition) is 5. The Morgan fingerprint density at radius 3 is 2.41 bits per heavy atom. The van der Waals surface area contributed by atoms with Crippen LogP contribution in [0.5, 0.6) is 5.75 Å². The predicted octanol–water partition coefficient (Wildman–Crippen LogP) is 3.45. The number of pyridine rings is 1. The highest BCUT2D eigenvalue weighted by Crippen LogP contribution is 2.28. The fraction of sp³-hybridized carbons (Fsp3) is 0.143. The first-order chi connectivity index (χ1) is 14.0. The van der Waals surface area contributed by atoms with Crippen LogP contribution in [0, 0.1) is 0 Å². The summed E-state index contributed by atoms with van der Waals surface area (Å²) in [6, 6.07) is 18.1. The van der Waals surface area contributed by atoms with Crippen LogP contribution in [0.1, 0.15) is 10.8 Å². The Morgan fingerprint density at radius 2 is 1.76 bits per heavy atom. The standard InChI is InChI=1S/C21H19ClN2O4S/c22-17-8-10-18(11-9-17)28-15-21(25)24-14-20(16-5-4-12-23-13-16)29(26,27)19-6-2-1-3-7-19/h1-13,20H,14-15H2,(H,24,25)/t20-/m1/s1. The van der Waals surface area contributed by atoms with Crippen molar-refractivity contribution in [3.63, 3.8) is 0 Å². The van der Waals surface area contributed by atoms with Crippen molar-refractivity contribution in [2.24, 2.45) is 0 Å². The first-order valence-electron chi connectivity index (χ1n) is 8.81. The third kappa shape index (κ3) is 5.56. The molecular weight excluding hydrogens is 412 g/mol. The molecule has 1 atom stereocenters. The van der Waals surface area contributed by atoms with E-state index in [4.69, 9.17) is 16.3 Å². The van der Waals surface area contributed by atoms with Gasteiger partial charge in [-0.1, -0.05) is 35.9 Å². The van der Waals surface area contributed by atoms with Crippen LogP contribution in [-0.2, 0) is 14.6 Å². The second-order valence-corrected chi connectivity index (χ2v) is 8.75. The van der Waals surface area contributed by atoms with Crippen LogP contribution in [0.3, 0.4) is 0 Å². The molecule has 150 valence electrons. The summed E-state index contributed by atoms with van der Waals surface area (Å²) in [7, 11) is -3.73. The summed E-state index contributed by atoms with van der Waals surface area (Å²) in [5.41, 5.74) is 0.496. The van der Waals surface area contributed by atoms with E-state index < -0.39 is 21.0 Å². The molecule has 0 aliphatic heterocycles. The fourth-order valence-corrected chi connectivity index (χ4v) is 4.48. The van der Waals surface area contributed by atoms with Gasteiger partial charge < -0.3 is 10.1 Å². The van der Waals surface area contributed by atoms with E-state index in [0.717, 1.165) is 0 Å². The Labute approximate surface area is 174 Å². The largest absolute Gasteiger partial charge is 0.484 e. The van der Waals surface area contributed by atoms with Crippen molar-refractivity contribution in [3.05, 3.63) is 89.7 Å². The minimum absolute atomic E-state index is 0.105. The van der Waals surface area contributed by atoms with Gasteiger partial charge >= 0.3 is 0 Å². The van der Waals surface area contributed by atoms with Crippen LogP contribution < -0.4 is 10.1 Å². The molecule has 0 unspecified atom stereocenters. The van der Waals surface area contributed by atoms with Crippen LogP contribution in [0.25, 0.3) is 0 Å². The number of sulfone groups is 1. The molecule has 1 aromatic heterocycles. The number of aromatic nitrogens is 1. The van der Waals surface area contributed by atoms with E-state index in [1.807, 2.05) is 0 Å². The van der Waals surface area contributed by atoms with Crippen LogP contribution in [0.2, 0.25) is 5.02 Å². The van der Waals surface area contributed by atoms with Crippen LogP contribution >= 0.6 is 11.6 Å². The highest BCUT2D eigenvalue weighted by molar-refractivity contribution is 7.91. The Kier molecular flexibility index (Phi) is 6.85. The molecule has 1 amide bonds. The number of nitrogens with zero attached hydrogens (tertiary/aromatic N) is 1. The summed E-state index contributed by atoms with van der Waals surface area (Å²) in [4.78, 5) is 16.4. The van der Waals surface area contributed by atoms with E-state index in [2.05, 4.69) is 10.3 Å². The molecule has 0 radical (unpaired) electrons. The van der Waals surface area contributed by atoms with Gasteiger partial charge in [-0.15, -0.1) is 0 Å². The number of nitrogens with one attached hydrogen (secondary N) is 1. The quantitative estimate of drug-likeness (QED) is 0.591. The minimum atomic E-state index is -3.73. The van der Waals surface area contributed by atoms with Crippen molar-refractivity contribution in [2.45, 2.75) is 10.1 Å². The average molecular weight is 431 g/mol. The van der Waals surface area contributed by atoms with E-state index in [-0.39, 0.29) is 18.0 Å².